The number of anilines is 1. The number of nitrogens with one attached hydrogen (secondary N) is 1. The molecule has 5 heteroatoms. The number of amides is 1. The lowest BCUT2D eigenvalue weighted by Crippen LogP contribution is -2.28. The Morgan fingerprint density at radius 1 is 1.30 bits per heavy atom. The van der Waals surface area contributed by atoms with Gasteiger partial charge in [-0.05, 0) is 31.0 Å². The Hall–Kier alpha value is -2.30. The van der Waals surface area contributed by atoms with Gasteiger partial charge in [-0.15, -0.1) is 0 Å². The zero-order valence-electron chi connectivity index (χ0n) is 13.3. The van der Waals surface area contributed by atoms with Gasteiger partial charge in [-0.25, -0.2) is 4.98 Å². The highest BCUT2D eigenvalue weighted by atomic mass is 16.5. The molecule has 23 heavy (non-hydrogen) atoms. The van der Waals surface area contributed by atoms with E-state index in [0.717, 1.165) is 35.6 Å². The van der Waals surface area contributed by atoms with E-state index in [1.54, 1.807) is 7.11 Å². The largest absolute Gasteiger partial charge is 0.494 e. The second-order valence-corrected chi connectivity index (χ2v) is 6.46. The van der Waals surface area contributed by atoms with Crippen molar-refractivity contribution in [2.24, 2.45) is 5.92 Å². The Balaban J connectivity index is 1.45. The van der Waals surface area contributed by atoms with Crippen LogP contribution in [0.3, 0.4) is 0 Å². The predicted octanol–water partition coefficient (Wildman–Crippen LogP) is 2.67. The maximum atomic E-state index is 12.0. The maximum absolute atomic E-state index is 12.0. The summed E-state index contributed by atoms with van der Waals surface area (Å²) >= 11 is 0. The highest BCUT2D eigenvalue weighted by molar-refractivity contribution is 5.85. The fourth-order valence-corrected chi connectivity index (χ4v) is 3.32. The third-order valence-electron chi connectivity index (χ3n) is 4.70. The number of carbonyl (C=O) groups is 1. The number of methoxy groups -OCH3 is 1. The number of likely N-dealkylation sites (tertiary alicyclic amines) is 1. The number of hydrogen-bond donors (Lipinski definition) is 1. The zero-order chi connectivity index (χ0) is 15.8. The maximum Gasteiger partial charge on any atom is 0.223 e. The normalized spacial score (nSPS) is 21.0. The number of hydrogen-bond acceptors (Lipinski definition) is 4. The van der Waals surface area contributed by atoms with Gasteiger partial charge in [0, 0.05) is 36.9 Å². The van der Waals surface area contributed by atoms with Crippen LogP contribution in [0.1, 0.15) is 19.3 Å². The molecule has 2 aliphatic rings. The average Bonchev–Trinajstić information content (AvgIpc) is 3.35. The lowest BCUT2D eigenvalue weighted by molar-refractivity contribution is -0.128. The van der Waals surface area contributed by atoms with Gasteiger partial charge in [0.2, 0.25) is 5.91 Å². The van der Waals surface area contributed by atoms with Crippen LogP contribution in [-0.4, -0.2) is 42.0 Å². The van der Waals surface area contributed by atoms with Crippen molar-refractivity contribution in [3.8, 4) is 5.75 Å². The van der Waals surface area contributed by atoms with Crippen molar-refractivity contribution < 1.29 is 9.53 Å². The van der Waals surface area contributed by atoms with Crippen molar-refractivity contribution in [1.82, 2.24) is 9.88 Å². The standard InChI is InChI=1S/C18H21N3O2/c1-23-15-4-2-3-13-5-8-16(20-18(13)15)19-10-12-9-17(22)21(11-12)14-6-7-14/h2-5,8,12,14H,6-7,9-11H2,1H3,(H,19,20). The van der Waals surface area contributed by atoms with Crippen molar-refractivity contribution in [3.05, 3.63) is 30.3 Å². The van der Waals surface area contributed by atoms with Gasteiger partial charge in [0.25, 0.3) is 0 Å². The van der Waals surface area contributed by atoms with Crippen LogP contribution < -0.4 is 10.1 Å². The molecule has 0 radical (unpaired) electrons. The second kappa shape index (κ2) is 5.72. The summed E-state index contributed by atoms with van der Waals surface area (Å²) in [6, 6.07) is 10.5. The third-order valence-corrected chi connectivity index (χ3v) is 4.70. The first kappa shape index (κ1) is 14.3. The number of carbonyl (C=O) groups excluding carboxylic acids is 1. The molecule has 0 spiro atoms. The van der Waals surface area contributed by atoms with E-state index < -0.39 is 0 Å². The van der Waals surface area contributed by atoms with Crippen molar-refractivity contribution in [1.29, 1.82) is 0 Å². The van der Waals surface area contributed by atoms with E-state index >= 15 is 0 Å². The topological polar surface area (TPSA) is 54.5 Å². The smallest absolute Gasteiger partial charge is 0.223 e. The third kappa shape index (κ3) is 2.83. The number of nitrogens with zero attached hydrogens (tertiary/aromatic N) is 2. The number of benzene rings is 1. The lowest BCUT2D eigenvalue weighted by Gasteiger charge is -2.16. The number of ether oxygens (including phenoxy) is 1. The molecule has 1 amide bonds. The molecule has 1 aromatic heterocycles. The van der Waals surface area contributed by atoms with Gasteiger partial charge in [-0.3, -0.25) is 4.79 Å². The molecule has 1 saturated heterocycles. The number of pyridine rings is 1. The summed E-state index contributed by atoms with van der Waals surface area (Å²) in [6.07, 6.45) is 3.01. The second-order valence-electron chi connectivity index (χ2n) is 6.46. The van der Waals surface area contributed by atoms with E-state index in [4.69, 9.17) is 4.74 Å². The molecule has 1 atom stereocenters. The Kier molecular flexibility index (Phi) is 3.56. The van der Waals surface area contributed by atoms with Gasteiger partial charge in [-0.1, -0.05) is 12.1 Å². The molecule has 2 aromatic rings. The zero-order valence-corrected chi connectivity index (χ0v) is 13.3. The summed E-state index contributed by atoms with van der Waals surface area (Å²) in [5.41, 5.74) is 0.863. The molecule has 0 bridgehead atoms. The minimum atomic E-state index is 0.312. The molecule has 5 nitrogen and oxygen atoms in total. The monoisotopic (exact) mass is 311 g/mol. The Labute approximate surface area is 135 Å². The quantitative estimate of drug-likeness (QED) is 0.922. The molecule has 1 aromatic carbocycles. The molecule has 120 valence electrons. The van der Waals surface area contributed by atoms with Crippen LogP contribution in [0.5, 0.6) is 5.75 Å². The number of para-hydroxylation sites is 1. The van der Waals surface area contributed by atoms with Gasteiger partial charge >= 0.3 is 0 Å². The van der Waals surface area contributed by atoms with E-state index in [-0.39, 0.29) is 0 Å². The molecule has 4 rings (SSSR count). The minimum Gasteiger partial charge on any atom is -0.494 e. The van der Waals surface area contributed by atoms with Crippen LogP contribution in [0.25, 0.3) is 10.9 Å². The summed E-state index contributed by atoms with van der Waals surface area (Å²) in [4.78, 5) is 18.7. The lowest BCUT2D eigenvalue weighted by atomic mass is 10.1. The molecule has 1 N–H and O–H groups in total. The molecule has 2 fully saturated rings. The summed E-state index contributed by atoms with van der Waals surface area (Å²) < 4.78 is 5.38. The first-order chi connectivity index (χ1) is 11.2. The van der Waals surface area contributed by atoms with Gasteiger partial charge in [-0.2, -0.15) is 0 Å². The molecule has 1 aliphatic heterocycles. The summed E-state index contributed by atoms with van der Waals surface area (Å²) in [5, 5.41) is 4.45. The van der Waals surface area contributed by atoms with Gasteiger partial charge in [0.15, 0.2) is 0 Å². The summed E-state index contributed by atoms with van der Waals surface area (Å²) in [7, 11) is 1.66. The van der Waals surface area contributed by atoms with E-state index in [9.17, 15) is 4.79 Å². The number of aromatic nitrogens is 1. The van der Waals surface area contributed by atoms with Crippen molar-refractivity contribution in [2.75, 3.05) is 25.5 Å². The SMILES string of the molecule is COc1cccc2ccc(NCC3CC(=O)N(C4CC4)C3)nc12. The summed E-state index contributed by atoms with van der Waals surface area (Å²) in [5.74, 6) is 2.30. The van der Waals surface area contributed by atoms with Crippen LogP contribution in [0.4, 0.5) is 5.82 Å². The highest BCUT2D eigenvalue weighted by Crippen LogP contribution is 2.32. The Morgan fingerprint density at radius 2 is 2.17 bits per heavy atom. The van der Waals surface area contributed by atoms with Crippen LogP contribution in [0.15, 0.2) is 30.3 Å². The highest BCUT2D eigenvalue weighted by Gasteiger charge is 2.39. The van der Waals surface area contributed by atoms with E-state index in [1.165, 1.54) is 12.8 Å². The first-order valence-corrected chi connectivity index (χ1v) is 8.21. The molecule has 1 aliphatic carbocycles. The van der Waals surface area contributed by atoms with Crippen molar-refractivity contribution in [2.45, 2.75) is 25.3 Å². The molecule has 1 unspecified atom stereocenters. The van der Waals surface area contributed by atoms with E-state index in [0.29, 0.717) is 24.3 Å². The van der Waals surface area contributed by atoms with Gasteiger partial charge < -0.3 is 15.0 Å². The van der Waals surface area contributed by atoms with Crippen LogP contribution >= 0.6 is 0 Å². The fraction of sp³-hybridized carbons (Fsp3) is 0.444. The number of rotatable bonds is 5. The van der Waals surface area contributed by atoms with Gasteiger partial charge in [0.1, 0.15) is 17.1 Å². The van der Waals surface area contributed by atoms with Crippen LogP contribution in [-0.2, 0) is 4.79 Å². The molecular formula is C18H21N3O2. The Bertz CT molecular complexity index is 742. The van der Waals surface area contributed by atoms with Gasteiger partial charge in [0.05, 0.1) is 7.11 Å². The first-order valence-electron chi connectivity index (χ1n) is 8.21. The molecule has 1 saturated carbocycles. The van der Waals surface area contributed by atoms with E-state index in [2.05, 4.69) is 15.2 Å². The fourth-order valence-electron chi connectivity index (χ4n) is 3.32. The van der Waals surface area contributed by atoms with E-state index in [1.807, 2.05) is 30.3 Å². The summed E-state index contributed by atoms with van der Waals surface area (Å²) in [6.45, 7) is 1.66. The predicted molar refractivity (Wildman–Crippen MR) is 89.6 cm³/mol. The van der Waals surface area contributed by atoms with Crippen molar-refractivity contribution >= 4 is 22.6 Å². The van der Waals surface area contributed by atoms with Crippen LogP contribution in [0, 0.1) is 5.92 Å². The molecule has 2 heterocycles. The average molecular weight is 311 g/mol. The van der Waals surface area contributed by atoms with Crippen LogP contribution in [0.2, 0.25) is 0 Å². The van der Waals surface area contributed by atoms with Crippen molar-refractivity contribution in [3.63, 3.8) is 0 Å². The minimum absolute atomic E-state index is 0.312. The Morgan fingerprint density at radius 3 is 2.96 bits per heavy atom. The molecular weight excluding hydrogens is 290 g/mol. The number of fused-ring (bicyclic) bond motifs is 1.